The van der Waals surface area contributed by atoms with Crippen LogP contribution >= 0.6 is 0 Å². The number of nitrogens with one attached hydrogen (secondary N) is 1. The fraction of sp³-hybridized carbons (Fsp3) is 0.143. The monoisotopic (exact) mass is 483 g/mol. The van der Waals surface area contributed by atoms with Gasteiger partial charge in [0.05, 0.1) is 24.2 Å². The Labute approximate surface area is 208 Å². The summed E-state index contributed by atoms with van der Waals surface area (Å²) in [5, 5.41) is 17.4. The molecular formula is C28H25N3O5. The minimum atomic E-state index is -0.509. The standard InChI is InChI=1S/C28H25N3O5/c1-2-35-27-16-20(18-29-30-28(32)17-24-9-5-6-10-25(24)31(33)34)12-14-26(27)36-19-21-11-13-22-7-3-4-8-23(22)15-21/h3-16,18H,2,17,19H2,1H3,(H,30,32). The van der Waals surface area contributed by atoms with E-state index in [0.29, 0.717) is 35.8 Å². The molecule has 1 N–H and O–H groups in total. The number of carbonyl (C=O) groups excluding carboxylic acids is 1. The van der Waals surface area contributed by atoms with Crippen molar-refractivity contribution < 1.29 is 19.2 Å². The lowest BCUT2D eigenvalue weighted by Crippen LogP contribution is -2.20. The first kappa shape index (κ1) is 24.4. The van der Waals surface area contributed by atoms with Gasteiger partial charge >= 0.3 is 0 Å². The number of ether oxygens (including phenoxy) is 2. The van der Waals surface area contributed by atoms with Gasteiger partial charge < -0.3 is 9.47 Å². The molecule has 0 radical (unpaired) electrons. The number of fused-ring (bicyclic) bond motifs is 1. The van der Waals surface area contributed by atoms with E-state index in [1.165, 1.54) is 17.7 Å². The number of nitrogens with zero attached hydrogens (tertiary/aromatic N) is 2. The van der Waals surface area contributed by atoms with Crippen molar-refractivity contribution in [2.24, 2.45) is 5.10 Å². The Kier molecular flexibility index (Phi) is 7.87. The summed E-state index contributed by atoms with van der Waals surface area (Å²) in [5.41, 5.74) is 4.37. The van der Waals surface area contributed by atoms with Crippen LogP contribution in [0.5, 0.6) is 11.5 Å². The van der Waals surface area contributed by atoms with Crippen LogP contribution in [0.25, 0.3) is 10.8 Å². The van der Waals surface area contributed by atoms with E-state index in [1.54, 1.807) is 36.4 Å². The summed E-state index contributed by atoms with van der Waals surface area (Å²) in [6.45, 7) is 2.73. The fourth-order valence-corrected chi connectivity index (χ4v) is 3.71. The number of hydrogen-bond acceptors (Lipinski definition) is 6. The first-order valence-corrected chi connectivity index (χ1v) is 11.4. The van der Waals surface area contributed by atoms with E-state index in [1.807, 2.05) is 25.1 Å². The van der Waals surface area contributed by atoms with E-state index in [4.69, 9.17) is 9.47 Å². The van der Waals surface area contributed by atoms with Gasteiger partial charge in [-0.05, 0) is 53.1 Å². The Balaban J connectivity index is 1.39. The molecule has 0 bridgehead atoms. The molecule has 0 unspecified atom stereocenters. The molecule has 0 aliphatic rings. The highest BCUT2D eigenvalue weighted by molar-refractivity contribution is 5.84. The number of nitro groups is 1. The largest absolute Gasteiger partial charge is 0.490 e. The number of amides is 1. The maximum atomic E-state index is 12.2. The Hall–Kier alpha value is -4.72. The summed E-state index contributed by atoms with van der Waals surface area (Å²) in [7, 11) is 0. The van der Waals surface area contributed by atoms with Crippen molar-refractivity contribution in [2.45, 2.75) is 20.0 Å². The number of nitro benzene ring substituents is 1. The van der Waals surface area contributed by atoms with Gasteiger partial charge in [0.2, 0.25) is 5.91 Å². The zero-order chi connectivity index (χ0) is 25.3. The average Bonchev–Trinajstić information content (AvgIpc) is 2.88. The van der Waals surface area contributed by atoms with Crippen molar-refractivity contribution in [1.29, 1.82) is 0 Å². The third kappa shape index (κ3) is 6.24. The predicted molar refractivity (Wildman–Crippen MR) is 138 cm³/mol. The van der Waals surface area contributed by atoms with Gasteiger partial charge in [-0.1, -0.05) is 54.6 Å². The molecule has 0 atom stereocenters. The molecule has 0 aromatic heterocycles. The molecule has 4 aromatic rings. The first-order chi connectivity index (χ1) is 17.5. The molecule has 8 heteroatoms. The van der Waals surface area contributed by atoms with Crippen molar-refractivity contribution in [3.63, 3.8) is 0 Å². The summed E-state index contributed by atoms with van der Waals surface area (Å²) in [4.78, 5) is 22.8. The SMILES string of the molecule is CCOc1cc(C=NNC(=O)Cc2ccccc2[N+](=O)[O-])ccc1OCc1ccc2ccccc2c1. The molecule has 4 rings (SSSR count). The molecule has 0 spiro atoms. The molecule has 0 saturated heterocycles. The van der Waals surface area contributed by atoms with Gasteiger partial charge in [-0.3, -0.25) is 14.9 Å². The summed E-state index contributed by atoms with van der Waals surface area (Å²) in [5.74, 6) is 0.706. The van der Waals surface area contributed by atoms with E-state index in [2.05, 4.69) is 34.8 Å². The quantitative estimate of drug-likeness (QED) is 0.184. The highest BCUT2D eigenvalue weighted by atomic mass is 16.6. The second kappa shape index (κ2) is 11.6. The number of rotatable bonds is 10. The molecule has 0 aliphatic carbocycles. The molecule has 0 heterocycles. The molecule has 0 aliphatic heterocycles. The second-order valence-corrected chi connectivity index (χ2v) is 7.97. The van der Waals surface area contributed by atoms with Crippen LogP contribution in [0.4, 0.5) is 5.69 Å². The van der Waals surface area contributed by atoms with Crippen LogP contribution in [-0.4, -0.2) is 23.7 Å². The summed E-state index contributed by atoms with van der Waals surface area (Å²) in [6, 6.07) is 25.9. The van der Waals surface area contributed by atoms with E-state index >= 15 is 0 Å². The van der Waals surface area contributed by atoms with Crippen LogP contribution in [0.3, 0.4) is 0 Å². The number of hydrazone groups is 1. The molecule has 182 valence electrons. The van der Waals surface area contributed by atoms with E-state index in [0.717, 1.165) is 10.9 Å². The highest BCUT2D eigenvalue weighted by Gasteiger charge is 2.15. The number of hydrogen-bond donors (Lipinski definition) is 1. The van der Waals surface area contributed by atoms with Crippen molar-refractivity contribution in [2.75, 3.05) is 6.61 Å². The number of para-hydroxylation sites is 1. The van der Waals surface area contributed by atoms with Gasteiger partial charge in [0.1, 0.15) is 6.61 Å². The van der Waals surface area contributed by atoms with Gasteiger partial charge in [-0.25, -0.2) is 5.43 Å². The Bertz CT molecular complexity index is 1420. The smallest absolute Gasteiger partial charge is 0.273 e. The van der Waals surface area contributed by atoms with Crippen LogP contribution in [0.15, 0.2) is 90.0 Å². The van der Waals surface area contributed by atoms with E-state index in [-0.39, 0.29) is 12.1 Å². The van der Waals surface area contributed by atoms with Gasteiger partial charge in [-0.15, -0.1) is 0 Å². The molecular weight excluding hydrogens is 458 g/mol. The first-order valence-electron chi connectivity index (χ1n) is 11.4. The topological polar surface area (TPSA) is 103 Å². The van der Waals surface area contributed by atoms with Gasteiger partial charge in [-0.2, -0.15) is 5.10 Å². The maximum absolute atomic E-state index is 12.2. The van der Waals surface area contributed by atoms with Crippen molar-refractivity contribution >= 4 is 28.6 Å². The minimum Gasteiger partial charge on any atom is -0.490 e. The zero-order valence-electron chi connectivity index (χ0n) is 19.7. The summed E-state index contributed by atoms with van der Waals surface area (Å²) >= 11 is 0. The van der Waals surface area contributed by atoms with Gasteiger partial charge in [0, 0.05) is 11.6 Å². The van der Waals surface area contributed by atoms with Crippen LogP contribution in [0.2, 0.25) is 0 Å². The number of carbonyl (C=O) groups is 1. The van der Waals surface area contributed by atoms with E-state index < -0.39 is 10.8 Å². The molecule has 0 fully saturated rings. The lowest BCUT2D eigenvalue weighted by atomic mass is 10.1. The van der Waals surface area contributed by atoms with Crippen LogP contribution in [-0.2, 0) is 17.8 Å². The van der Waals surface area contributed by atoms with E-state index in [9.17, 15) is 14.9 Å². The van der Waals surface area contributed by atoms with Crippen molar-refractivity contribution in [3.05, 3.63) is 112 Å². The third-order valence-corrected chi connectivity index (χ3v) is 5.42. The molecule has 0 saturated carbocycles. The molecule has 1 amide bonds. The maximum Gasteiger partial charge on any atom is 0.273 e. The third-order valence-electron chi connectivity index (χ3n) is 5.42. The Morgan fingerprint density at radius 3 is 2.53 bits per heavy atom. The highest BCUT2D eigenvalue weighted by Crippen LogP contribution is 2.29. The molecule has 4 aromatic carbocycles. The predicted octanol–water partition coefficient (Wildman–Crippen LogP) is 5.42. The Morgan fingerprint density at radius 1 is 0.944 bits per heavy atom. The van der Waals surface area contributed by atoms with Crippen LogP contribution in [0, 0.1) is 10.1 Å². The summed E-state index contributed by atoms with van der Waals surface area (Å²) < 4.78 is 11.8. The van der Waals surface area contributed by atoms with Crippen LogP contribution < -0.4 is 14.9 Å². The van der Waals surface area contributed by atoms with Crippen LogP contribution in [0.1, 0.15) is 23.6 Å². The minimum absolute atomic E-state index is 0.0998. The lowest BCUT2D eigenvalue weighted by molar-refractivity contribution is -0.385. The second-order valence-electron chi connectivity index (χ2n) is 7.97. The van der Waals surface area contributed by atoms with Crippen molar-refractivity contribution in [3.8, 4) is 11.5 Å². The lowest BCUT2D eigenvalue weighted by Gasteiger charge is -2.13. The number of benzene rings is 4. The Morgan fingerprint density at radius 2 is 1.72 bits per heavy atom. The fourth-order valence-electron chi connectivity index (χ4n) is 3.71. The van der Waals surface area contributed by atoms with Gasteiger partial charge in [0.25, 0.3) is 5.69 Å². The molecule has 8 nitrogen and oxygen atoms in total. The van der Waals surface area contributed by atoms with Crippen molar-refractivity contribution in [1.82, 2.24) is 5.43 Å². The summed E-state index contributed by atoms with van der Waals surface area (Å²) in [6.07, 6.45) is 1.33. The zero-order valence-corrected chi connectivity index (χ0v) is 19.7. The average molecular weight is 484 g/mol. The molecule has 36 heavy (non-hydrogen) atoms. The van der Waals surface area contributed by atoms with Gasteiger partial charge in [0.15, 0.2) is 11.5 Å². The normalized spacial score (nSPS) is 10.9.